The molecule has 0 unspecified atom stereocenters. The molecule has 0 aliphatic heterocycles. The van der Waals surface area contributed by atoms with Gasteiger partial charge in [0.1, 0.15) is 12.7 Å². The monoisotopic (exact) mass is 190 g/mol. The summed E-state index contributed by atoms with van der Waals surface area (Å²) >= 11 is 3.16. The maximum Gasteiger partial charge on any atom is 0.110 e. The van der Waals surface area contributed by atoms with Crippen LogP contribution in [0.4, 0.5) is 0 Å². The van der Waals surface area contributed by atoms with Crippen molar-refractivity contribution in [3.05, 3.63) is 0 Å². The van der Waals surface area contributed by atoms with Gasteiger partial charge < -0.3 is 4.74 Å². The Hall–Kier alpha value is -0.160. The number of unbranched alkanes of at least 4 members (excludes halogenated alkanes) is 1. The van der Waals surface area contributed by atoms with E-state index in [1.54, 1.807) is 0 Å². The van der Waals surface area contributed by atoms with Crippen molar-refractivity contribution in [3.8, 4) is 12.0 Å². The summed E-state index contributed by atoms with van der Waals surface area (Å²) in [5, 5.41) is 0.694. The molecule has 0 bridgehead atoms. The molecular formula is C7H11BrO. The van der Waals surface area contributed by atoms with Gasteiger partial charge in [-0.15, -0.1) is 0 Å². The first kappa shape index (κ1) is 8.84. The summed E-state index contributed by atoms with van der Waals surface area (Å²) in [6.07, 6.45) is 4.83. The lowest BCUT2D eigenvalue weighted by Gasteiger charge is -1.91. The van der Waals surface area contributed by atoms with Crippen molar-refractivity contribution in [2.45, 2.75) is 19.8 Å². The number of alkyl halides is 1. The molecule has 9 heavy (non-hydrogen) atoms. The third-order valence-electron chi connectivity index (χ3n) is 0.811. The summed E-state index contributed by atoms with van der Waals surface area (Å²) in [7, 11) is 0. The minimum absolute atomic E-state index is 0.694. The van der Waals surface area contributed by atoms with E-state index in [9.17, 15) is 0 Å². The second-order valence-electron chi connectivity index (χ2n) is 1.61. The van der Waals surface area contributed by atoms with E-state index in [-0.39, 0.29) is 0 Å². The molecule has 0 N–H and O–H groups in total. The number of ether oxygens (including phenoxy) is 1. The number of hydrogen-bond donors (Lipinski definition) is 0. The van der Waals surface area contributed by atoms with E-state index >= 15 is 0 Å². The highest BCUT2D eigenvalue weighted by Crippen LogP contribution is 1.85. The Balaban J connectivity index is 2.90. The van der Waals surface area contributed by atoms with Crippen LogP contribution in [0.15, 0.2) is 0 Å². The van der Waals surface area contributed by atoms with Gasteiger partial charge in [0.05, 0.1) is 5.33 Å². The summed E-state index contributed by atoms with van der Waals surface area (Å²) in [6, 6.07) is 0. The van der Waals surface area contributed by atoms with Crippen molar-refractivity contribution in [1.82, 2.24) is 0 Å². The first-order valence-electron chi connectivity index (χ1n) is 3.07. The largest absolute Gasteiger partial charge is 0.447 e. The van der Waals surface area contributed by atoms with Gasteiger partial charge in [0.15, 0.2) is 0 Å². The zero-order valence-corrected chi connectivity index (χ0v) is 7.20. The predicted octanol–water partition coefficient (Wildman–Crippen LogP) is 2.16. The van der Waals surface area contributed by atoms with Crippen LogP contribution in [0.25, 0.3) is 0 Å². The summed E-state index contributed by atoms with van der Waals surface area (Å²) < 4.78 is 4.92. The maximum atomic E-state index is 4.92. The number of rotatable bonds is 3. The molecule has 0 fully saturated rings. The average Bonchev–Trinajstić information content (AvgIpc) is 1.89. The van der Waals surface area contributed by atoms with Crippen LogP contribution in [0.1, 0.15) is 19.8 Å². The summed E-state index contributed by atoms with van der Waals surface area (Å²) in [5.41, 5.74) is 0. The van der Waals surface area contributed by atoms with Crippen LogP contribution < -0.4 is 0 Å². The van der Waals surface area contributed by atoms with E-state index in [1.165, 1.54) is 0 Å². The molecule has 0 amide bonds. The SMILES string of the molecule is CCCCOC#CCBr. The second kappa shape index (κ2) is 7.84. The molecule has 2 heteroatoms. The van der Waals surface area contributed by atoms with Crippen LogP contribution in [0.5, 0.6) is 0 Å². The molecule has 0 aliphatic carbocycles. The fourth-order valence-electron chi connectivity index (χ4n) is 0.346. The second-order valence-corrected chi connectivity index (χ2v) is 2.18. The van der Waals surface area contributed by atoms with Gasteiger partial charge in [-0.2, -0.15) is 0 Å². The highest BCUT2D eigenvalue weighted by Gasteiger charge is 1.78. The molecule has 0 saturated heterocycles. The average molecular weight is 191 g/mol. The van der Waals surface area contributed by atoms with E-state index in [0.29, 0.717) is 5.33 Å². The van der Waals surface area contributed by atoms with Crippen LogP contribution in [0, 0.1) is 12.0 Å². The predicted molar refractivity (Wildman–Crippen MR) is 42.4 cm³/mol. The molecule has 0 saturated carbocycles. The van der Waals surface area contributed by atoms with Crippen molar-refractivity contribution in [2.75, 3.05) is 11.9 Å². The number of hydrogen-bond acceptors (Lipinski definition) is 1. The van der Waals surface area contributed by atoms with Crippen molar-refractivity contribution in [1.29, 1.82) is 0 Å². The van der Waals surface area contributed by atoms with Gasteiger partial charge >= 0.3 is 0 Å². The summed E-state index contributed by atoms with van der Waals surface area (Å²) in [4.78, 5) is 0. The molecule has 1 nitrogen and oxygen atoms in total. The van der Waals surface area contributed by atoms with E-state index in [4.69, 9.17) is 4.74 Å². The van der Waals surface area contributed by atoms with Gasteiger partial charge in [-0.25, -0.2) is 0 Å². The van der Waals surface area contributed by atoms with Crippen molar-refractivity contribution < 1.29 is 4.74 Å². The Labute approximate surface area is 64.9 Å². The first-order chi connectivity index (χ1) is 4.41. The molecule has 0 rings (SSSR count). The third kappa shape index (κ3) is 7.84. The van der Waals surface area contributed by atoms with Gasteiger partial charge in [0.25, 0.3) is 0 Å². The summed E-state index contributed by atoms with van der Waals surface area (Å²) in [5.74, 6) is 2.75. The maximum absolute atomic E-state index is 4.92. The molecule has 0 heterocycles. The smallest absolute Gasteiger partial charge is 0.110 e. The van der Waals surface area contributed by atoms with Gasteiger partial charge in [-0.1, -0.05) is 29.3 Å². The zero-order valence-electron chi connectivity index (χ0n) is 5.61. The Kier molecular flexibility index (Phi) is 7.70. The Morgan fingerprint density at radius 2 is 2.33 bits per heavy atom. The first-order valence-corrected chi connectivity index (χ1v) is 4.19. The number of halogens is 1. The minimum atomic E-state index is 0.694. The molecule has 0 aromatic heterocycles. The molecule has 0 spiro atoms. The van der Waals surface area contributed by atoms with Crippen molar-refractivity contribution >= 4 is 15.9 Å². The fraction of sp³-hybridized carbons (Fsp3) is 0.714. The molecule has 0 radical (unpaired) electrons. The van der Waals surface area contributed by atoms with Crippen LogP contribution in [0.3, 0.4) is 0 Å². The molecule has 52 valence electrons. The molecule has 0 aromatic rings. The Morgan fingerprint density at radius 3 is 2.89 bits per heavy atom. The minimum Gasteiger partial charge on any atom is -0.447 e. The highest BCUT2D eigenvalue weighted by atomic mass is 79.9. The van der Waals surface area contributed by atoms with Gasteiger partial charge in [0.2, 0.25) is 0 Å². The van der Waals surface area contributed by atoms with Gasteiger partial charge in [-0.3, -0.25) is 0 Å². The van der Waals surface area contributed by atoms with Gasteiger partial charge in [-0.05, 0) is 12.3 Å². The lowest BCUT2D eigenvalue weighted by Crippen LogP contribution is -1.85. The van der Waals surface area contributed by atoms with Crippen LogP contribution >= 0.6 is 15.9 Å². The quantitative estimate of drug-likeness (QED) is 0.377. The van der Waals surface area contributed by atoms with Crippen LogP contribution in [-0.2, 0) is 4.74 Å². The van der Waals surface area contributed by atoms with E-state index in [0.717, 1.165) is 19.4 Å². The van der Waals surface area contributed by atoms with Crippen molar-refractivity contribution in [2.24, 2.45) is 0 Å². The normalized spacial score (nSPS) is 7.78. The lowest BCUT2D eigenvalue weighted by atomic mass is 10.4. The Bertz CT molecular complexity index is 101. The topological polar surface area (TPSA) is 9.23 Å². The molecular weight excluding hydrogens is 180 g/mol. The third-order valence-corrected chi connectivity index (χ3v) is 1.09. The van der Waals surface area contributed by atoms with Gasteiger partial charge in [0, 0.05) is 0 Å². The van der Waals surface area contributed by atoms with E-state index in [1.807, 2.05) is 0 Å². The van der Waals surface area contributed by atoms with E-state index in [2.05, 4.69) is 34.9 Å². The van der Waals surface area contributed by atoms with Crippen molar-refractivity contribution in [3.63, 3.8) is 0 Å². The summed E-state index contributed by atoms with van der Waals surface area (Å²) in [6.45, 7) is 2.89. The molecule has 0 aliphatic rings. The van der Waals surface area contributed by atoms with Crippen LogP contribution in [0.2, 0.25) is 0 Å². The van der Waals surface area contributed by atoms with E-state index < -0.39 is 0 Å². The molecule has 0 aromatic carbocycles. The van der Waals surface area contributed by atoms with Crippen LogP contribution in [-0.4, -0.2) is 11.9 Å². The highest BCUT2D eigenvalue weighted by molar-refractivity contribution is 9.09. The fourth-order valence-corrected chi connectivity index (χ4v) is 0.460. The molecule has 0 atom stereocenters. The zero-order chi connectivity index (χ0) is 6.95. The Morgan fingerprint density at radius 1 is 1.56 bits per heavy atom. The standard InChI is InChI=1S/C7H11BrO/c1-2-3-6-9-7-4-5-8/h2-3,5-6H2,1H3. The lowest BCUT2D eigenvalue weighted by molar-refractivity contribution is 0.271.